The van der Waals surface area contributed by atoms with Gasteiger partial charge in [-0.1, -0.05) is 35.9 Å². The van der Waals surface area contributed by atoms with E-state index in [1.54, 1.807) is 6.33 Å². The second-order valence-electron chi connectivity index (χ2n) is 4.75. The molecule has 0 spiro atoms. The summed E-state index contributed by atoms with van der Waals surface area (Å²) in [6.45, 7) is 0. The van der Waals surface area contributed by atoms with Crippen molar-refractivity contribution in [1.29, 1.82) is 0 Å². The maximum atomic E-state index is 6.02. The molecule has 0 atom stereocenters. The number of rotatable bonds is 2. The highest BCUT2D eigenvalue weighted by Crippen LogP contribution is 2.30. The van der Waals surface area contributed by atoms with Gasteiger partial charge in [0, 0.05) is 21.6 Å². The van der Waals surface area contributed by atoms with Crippen LogP contribution in [0.5, 0.6) is 0 Å². The average molecular weight is 331 g/mol. The van der Waals surface area contributed by atoms with Crippen molar-refractivity contribution in [3.63, 3.8) is 0 Å². The van der Waals surface area contributed by atoms with E-state index in [0.29, 0.717) is 5.02 Å². The molecule has 0 amide bonds. The van der Waals surface area contributed by atoms with Gasteiger partial charge in [-0.15, -0.1) is 12.4 Å². The zero-order valence-corrected chi connectivity index (χ0v) is 12.9. The van der Waals surface area contributed by atoms with Gasteiger partial charge in [0.1, 0.15) is 17.8 Å². The third-order valence-electron chi connectivity index (χ3n) is 3.38. The Morgan fingerprint density at radius 2 is 1.86 bits per heavy atom. The van der Waals surface area contributed by atoms with Gasteiger partial charge in [0.25, 0.3) is 0 Å². The molecule has 0 unspecified atom stereocenters. The standard InChI is InChI=1S/C16H11ClN4.ClH/c17-10-4-3-5-11(8-10)20-15-14-12-6-1-2-7-13(12)21-16(14)19-9-18-15;/h1-9H,(H2,18,19,20,21);1H. The zero-order valence-electron chi connectivity index (χ0n) is 11.4. The van der Waals surface area contributed by atoms with Crippen LogP contribution >= 0.6 is 24.0 Å². The van der Waals surface area contributed by atoms with Gasteiger partial charge in [0.15, 0.2) is 0 Å². The molecule has 0 bridgehead atoms. The first-order valence-electron chi connectivity index (χ1n) is 6.55. The second kappa shape index (κ2) is 5.83. The van der Waals surface area contributed by atoms with Gasteiger partial charge in [0.05, 0.1) is 5.39 Å². The molecule has 0 saturated carbocycles. The minimum absolute atomic E-state index is 0. The number of anilines is 2. The highest BCUT2D eigenvalue weighted by atomic mass is 35.5. The van der Waals surface area contributed by atoms with E-state index in [4.69, 9.17) is 11.6 Å². The van der Waals surface area contributed by atoms with E-state index in [1.807, 2.05) is 42.5 Å². The van der Waals surface area contributed by atoms with E-state index >= 15 is 0 Å². The van der Waals surface area contributed by atoms with Crippen LogP contribution in [0.2, 0.25) is 5.02 Å². The van der Waals surface area contributed by atoms with E-state index < -0.39 is 0 Å². The summed E-state index contributed by atoms with van der Waals surface area (Å²) >= 11 is 6.02. The highest BCUT2D eigenvalue weighted by Gasteiger charge is 2.10. The quantitative estimate of drug-likeness (QED) is 0.547. The van der Waals surface area contributed by atoms with Gasteiger partial charge in [-0.05, 0) is 24.3 Å². The summed E-state index contributed by atoms with van der Waals surface area (Å²) in [5.74, 6) is 0.764. The molecule has 0 aliphatic carbocycles. The van der Waals surface area contributed by atoms with Crippen molar-refractivity contribution < 1.29 is 0 Å². The third kappa shape index (κ3) is 2.47. The molecule has 2 aromatic heterocycles. The summed E-state index contributed by atoms with van der Waals surface area (Å²) in [6, 6.07) is 15.6. The van der Waals surface area contributed by atoms with Crippen LogP contribution in [0, 0.1) is 0 Å². The number of H-pyrrole nitrogens is 1. The van der Waals surface area contributed by atoms with Crippen LogP contribution < -0.4 is 5.32 Å². The van der Waals surface area contributed by atoms with E-state index in [0.717, 1.165) is 33.4 Å². The van der Waals surface area contributed by atoms with Gasteiger partial charge in [-0.2, -0.15) is 0 Å². The molecule has 2 aromatic carbocycles. The summed E-state index contributed by atoms with van der Waals surface area (Å²) in [7, 11) is 0. The number of para-hydroxylation sites is 1. The van der Waals surface area contributed by atoms with Crippen LogP contribution in [0.4, 0.5) is 11.5 Å². The van der Waals surface area contributed by atoms with Crippen LogP contribution in [0.3, 0.4) is 0 Å². The van der Waals surface area contributed by atoms with Crippen molar-refractivity contribution in [1.82, 2.24) is 15.0 Å². The van der Waals surface area contributed by atoms with Gasteiger partial charge < -0.3 is 10.3 Å². The Morgan fingerprint density at radius 1 is 1.00 bits per heavy atom. The normalized spacial score (nSPS) is 10.6. The van der Waals surface area contributed by atoms with Crippen molar-refractivity contribution in [3.05, 3.63) is 59.9 Å². The third-order valence-corrected chi connectivity index (χ3v) is 3.62. The van der Waals surface area contributed by atoms with Gasteiger partial charge >= 0.3 is 0 Å². The fourth-order valence-corrected chi connectivity index (χ4v) is 2.66. The lowest BCUT2D eigenvalue weighted by Crippen LogP contribution is -1.95. The lowest BCUT2D eigenvalue weighted by Gasteiger charge is -2.07. The van der Waals surface area contributed by atoms with Crippen molar-refractivity contribution in [2.75, 3.05) is 5.32 Å². The maximum absolute atomic E-state index is 6.02. The number of hydrogen-bond donors (Lipinski definition) is 2. The molecule has 0 saturated heterocycles. The smallest absolute Gasteiger partial charge is 0.143 e. The minimum atomic E-state index is 0. The number of fused-ring (bicyclic) bond motifs is 3. The fraction of sp³-hybridized carbons (Fsp3) is 0. The number of halogens is 2. The van der Waals surface area contributed by atoms with E-state index in [1.165, 1.54) is 0 Å². The van der Waals surface area contributed by atoms with Crippen LogP contribution in [0.15, 0.2) is 54.9 Å². The van der Waals surface area contributed by atoms with E-state index in [-0.39, 0.29) is 12.4 Å². The summed E-state index contributed by atoms with van der Waals surface area (Å²) in [5.41, 5.74) is 2.76. The molecular formula is C16H12Cl2N4. The predicted molar refractivity (Wildman–Crippen MR) is 93.4 cm³/mol. The molecule has 4 nitrogen and oxygen atoms in total. The molecule has 110 valence electrons. The Bertz CT molecular complexity index is 949. The molecule has 0 fully saturated rings. The SMILES string of the molecule is Cl.Clc1cccc(Nc2ncnc3[nH]c4ccccc4c23)c1. The van der Waals surface area contributed by atoms with Crippen molar-refractivity contribution in [2.24, 2.45) is 0 Å². The number of aromatic amines is 1. The topological polar surface area (TPSA) is 53.6 Å². The lowest BCUT2D eigenvalue weighted by atomic mass is 10.2. The number of nitrogens with one attached hydrogen (secondary N) is 2. The van der Waals surface area contributed by atoms with E-state index in [9.17, 15) is 0 Å². The van der Waals surface area contributed by atoms with Gasteiger partial charge in [-0.3, -0.25) is 0 Å². The Morgan fingerprint density at radius 3 is 2.73 bits per heavy atom. The van der Waals surface area contributed by atoms with Crippen molar-refractivity contribution in [3.8, 4) is 0 Å². The fourth-order valence-electron chi connectivity index (χ4n) is 2.47. The Kier molecular flexibility index (Phi) is 3.88. The van der Waals surface area contributed by atoms with Gasteiger partial charge in [-0.25, -0.2) is 9.97 Å². The Hall–Kier alpha value is -2.30. The summed E-state index contributed by atoms with van der Waals surface area (Å²) in [6.07, 6.45) is 1.55. The first-order chi connectivity index (χ1) is 10.3. The molecule has 22 heavy (non-hydrogen) atoms. The van der Waals surface area contributed by atoms with Crippen LogP contribution in [-0.2, 0) is 0 Å². The average Bonchev–Trinajstić information content (AvgIpc) is 2.87. The monoisotopic (exact) mass is 330 g/mol. The Labute approximate surface area is 138 Å². The maximum Gasteiger partial charge on any atom is 0.143 e. The Balaban J connectivity index is 0.00000144. The molecular weight excluding hydrogens is 319 g/mol. The van der Waals surface area contributed by atoms with Crippen molar-refractivity contribution >= 4 is 57.4 Å². The lowest BCUT2D eigenvalue weighted by molar-refractivity contribution is 1.20. The molecule has 0 aliphatic heterocycles. The molecule has 0 aliphatic rings. The molecule has 4 rings (SSSR count). The molecule has 4 aromatic rings. The van der Waals surface area contributed by atoms with Gasteiger partial charge in [0.2, 0.25) is 0 Å². The molecule has 0 radical (unpaired) electrons. The molecule has 6 heteroatoms. The first kappa shape index (κ1) is 14.6. The number of benzene rings is 2. The summed E-state index contributed by atoms with van der Waals surface area (Å²) < 4.78 is 0. The first-order valence-corrected chi connectivity index (χ1v) is 6.93. The highest BCUT2D eigenvalue weighted by molar-refractivity contribution is 6.30. The van der Waals surface area contributed by atoms with E-state index in [2.05, 4.69) is 26.3 Å². The van der Waals surface area contributed by atoms with Crippen molar-refractivity contribution in [2.45, 2.75) is 0 Å². The van der Waals surface area contributed by atoms with Crippen LogP contribution in [-0.4, -0.2) is 15.0 Å². The molecule has 2 N–H and O–H groups in total. The number of hydrogen-bond acceptors (Lipinski definition) is 3. The zero-order chi connectivity index (χ0) is 14.2. The molecule has 2 heterocycles. The summed E-state index contributed by atoms with van der Waals surface area (Å²) in [4.78, 5) is 12.0. The second-order valence-corrected chi connectivity index (χ2v) is 5.19. The van der Waals surface area contributed by atoms with Crippen LogP contribution in [0.25, 0.3) is 21.9 Å². The summed E-state index contributed by atoms with van der Waals surface area (Å²) in [5, 5.41) is 6.07. The largest absolute Gasteiger partial charge is 0.340 e. The minimum Gasteiger partial charge on any atom is -0.340 e. The number of aromatic nitrogens is 3. The number of nitrogens with zero attached hydrogens (tertiary/aromatic N) is 2. The van der Waals surface area contributed by atoms with Crippen LogP contribution in [0.1, 0.15) is 0 Å². The predicted octanol–water partition coefficient (Wildman–Crippen LogP) is 4.93.